The molecule has 6 nitrogen and oxygen atoms in total. The fourth-order valence-electron chi connectivity index (χ4n) is 2.75. The van der Waals surface area contributed by atoms with E-state index in [1.54, 1.807) is 0 Å². The van der Waals surface area contributed by atoms with Crippen LogP contribution in [0.25, 0.3) is 0 Å². The maximum absolute atomic E-state index is 12.9. The normalized spacial score (nSPS) is 20.2. The third-order valence-electron chi connectivity index (χ3n) is 3.94. The quantitative estimate of drug-likeness (QED) is 0.809. The van der Waals surface area contributed by atoms with Gasteiger partial charge in [0.15, 0.2) is 9.84 Å². The second kappa shape index (κ2) is 6.17. The lowest BCUT2D eigenvalue weighted by Gasteiger charge is -2.24. The lowest BCUT2D eigenvalue weighted by atomic mass is 10.2. The number of methoxy groups -OCH3 is 1. The number of sulfone groups is 1. The SMILES string of the molecule is CCC1CCCN1S(=O)(=O)c1cc(S(C)(=O)=O)ccc1OC. The summed E-state index contributed by atoms with van der Waals surface area (Å²) in [7, 11) is -5.90. The van der Waals surface area contributed by atoms with Gasteiger partial charge in [0.1, 0.15) is 10.6 Å². The highest BCUT2D eigenvalue weighted by Crippen LogP contribution is 2.33. The fourth-order valence-corrected chi connectivity index (χ4v) is 5.42. The van der Waals surface area contributed by atoms with Gasteiger partial charge in [0, 0.05) is 18.8 Å². The van der Waals surface area contributed by atoms with Crippen LogP contribution in [0.15, 0.2) is 28.0 Å². The first-order valence-electron chi connectivity index (χ1n) is 7.11. The minimum absolute atomic E-state index is 0.0286. The summed E-state index contributed by atoms with van der Waals surface area (Å²) < 4.78 is 55.8. The molecule has 124 valence electrons. The Labute approximate surface area is 132 Å². The molecule has 0 aliphatic carbocycles. The van der Waals surface area contributed by atoms with Gasteiger partial charge in [-0.3, -0.25) is 0 Å². The van der Waals surface area contributed by atoms with E-state index >= 15 is 0 Å². The first-order valence-corrected chi connectivity index (χ1v) is 10.4. The molecule has 1 unspecified atom stereocenters. The summed E-state index contributed by atoms with van der Waals surface area (Å²) >= 11 is 0. The van der Waals surface area contributed by atoms with Crippen molar-refractivity contribution in [2.75, 3.05) is 19.9 Å². The zero-order chi connectivity index (χ0) is 16.5. The average Bonchev–Trinajstić information content (AvgIpc) is 2.94. The number of sulfonamides is 1. The minimum atomic E-state index is -3.78. The number of hydrogen-bond donors (Lipinski definition) is 0. The van der Waals surface area contributed by atoms with Crippen LogP contribution in [0.3, 0.4) is 0 Å². The van der Waals surface area contributed by atoms with Gasteiger partial charge in [-0.2, -0.15) is 4.31 Å². The van der Waals surface area contributed by atoms with Crippen LogP contribution < -0.4 is 4.74 Å². The van der Waals surface area contributed by atoms with Crippen molar-refractivity contribution < 1.29 is 21.6 Å². The first kappa shape index (κ1) is 17.2. The van der Waals surface area contributed by atoms with Gasteiger partial charge < -0.3 is 4.74 Å². The molecule has 1 saturated heterocycles. The van der Waals surface area contributed by atoms with E-state index in [4.69, 9.17) is 4.74 Å². The molecule has 0 aromatic heterocycles. The van der Waals surface area contributed by atoms with Gasteiger partial charge in [0.2, 0.25) is 10.0 Å². The van der Waals surface area contributed by atoms with Crippen molar-refractivity contribution in [1.29, 1.82) is 0 Å². The maximum Gasteiger partial charge on any atom is 0.247 e. The van der Waals surface area contributed by atoms with Crippen LogP contribution >= 0.6 is 0 Å². The van der Waals surface area contributed by atoms with Gasteiger partial charge >= 0.3 is 0 Å². The largest absolute Gasteiger partial charge is 0.495 e. The lowest BCUT2D eigenvalue weighted by molar-refractivity contribution is 0.370. The first-order chi connectivity index (χ1) is 10.2. The summed E-state index contributed by atoms with van der Waals surface area (Å²) in [6.07, 6.45) is 3.42. The summed E-state index contributed by atoms with van der Waals surface area (Å²) in [4.78, 5) is -0.114. The summed E-state index contributed by atoms with van der Waals surface area (Å²) in [6.45, 7) is 2.40. The van der Waals surface area contributed by atoms with Crippen molar-refractivity contribution in [2.24, 2.45) is 0 Å². The van der Waals surface area contributed by atoms with E-state index in [-0.39, 0.29) is 21.6 Å². The Bertz CT molecular complexity index is 755. The molecule has 2 rings (SSSR count). The van der Waals surface area contributed by atoms with E-state index in [1.807, 2.05) is 6.92 Å². The summed E-state index contributed by atoms with van der Waals surface area (Å²) in [6, 6.07) is 3.89. The molecule has 1 aromatic rings. The summed E-state index contributed by atoms with van der Waals surface area (Å²) in [5.41, 5.74) is 0. The van der Waals surface area contributed by atoms with Gasteiger partial charge in [0.25, 0.3) is 0 Å². The van der Waals surface area contributed by atoms with Crippen molar-refractivity contribution in [1.82, 2.24) is 4.31 Å². The molecule has 0 saturated carbocycles. The van der Waals surface area contributed by atoms with E-state index in [2.05, 4.69) is 0 Å². The van der Waals surface area contributed by atoms with Crippen molar-refractivity contribution in [3.05, 3.63) is 18.2 Å². The highest BCUT2D eigenvalue weighted by atomic mass is 32.2. The Morgan fingerprint density at radius 2 is 1.95 bits per heavy atom. The van der Waals surface area contributed by atoms with E-state index in [1.165, 1.54) is 29.6 Å². The Balaban J connectivity index is 2.59. The Kier molecular flexibility index (Phi) is 4.84. The number of hydrogen-bond acceptors (Lipinski definition) is 5. The fraction of sp³-hybridized carbons (Fsp3) is 0.571. The Morgan fingerprint density at radius 1 is 1.27 bits per heavy atom. The second-order valence-corrected chi connectivity index (χ2v) is 9.28. The van der Waals surface area contributed by atoms with E-state index in [0.29, 0.717) is 6.54 Å². The number of nitrogens with zero attached hydrogens (tertiary/aromatic N) is 1. The number of benzene rings is 1. The molecule has 1 aliphatic heterocycles. The van der Waals surface area contributed by atoms with Crippen molar-refractivity contribution >= 4 is 19.9 Å². The van der Waals surface area contributed by atoms with Crippen LogP contribution in [0.2, 0.25) is 0 Å². The smallest absolute Gasteiger partial charge is 0.247 e. The molecule has 1 fully saturated rings. The molecule has 8 heteroatoms. The predicted octanol–water partition coefficient (Wildman–Crippen LogP) is 1.66. The zero-order valence-corrected chi connectivity index (χ0v) is 14.6. The highest BCUT2D eigenvalue weighted by molar-refractivity contribution is 7.91. The van der Waals surface area contributed by atoms with Crippen LogP contribution in [0, 0.1) is 0 Å². The van der Waals surface area contributed by atoms with Crippen LogP contribution in [-0.2, 0) is 19.9 Å². The maximum atomic E-state index is 12.9. The van der Waals surface area contributed by atoms with Gasteiger partial charge in [-0.1, -0.05) is 6.92 Å². The molecule has 0 spiro atoms. The topological polar surface area (TPSA) is 80.8 Å². The molecule has 1 aromatic carbocycles. The van der Waals surface area contributed by atoms with Crippen molar-refractivity contribution in [3.63, 3.8) is 0 Å². The summed E-state index contributed by atoms with van der Waals surface area (Å²) in [5, 5.41) is 0. The number of rotatable bonds is 5. The summed E-state index contributed by atoms with van der Waals surface area (Å²) in [5.74, 6) is 0.161. The standard InChI is InChI=1S/C14H21NO5S2/c1-4-11-6-5-9-15(11)22(18,19)14-10-12(21(3,16)17)7-8-13(14)20-2/h7-8,10-11H,4-6,9H2,1-3H3. The molecular formula is C14H21NO5S2. The molecule has 1 aliphatic rings. The Hall–Kier alpha value is -1.12. The van der Waals surface area contributed by atoms with E-state index in [0.717, 1.165) is 25.5 Å². The van der Waals surface area contributed by atoms with E-state index in [9.17, 15) is 16.8 Å². The van der Waals surface area contributed by atoms with Crippen LogP contribution in [0.1, 0.15) is 26.2 Å². The molecule has 1 atom stereocenters. The third-order valence-corrected chi connectivity index (χ3v) is 7.03. The minimum Gasteiger partial charge on any atom is -0.495 e. The zero-order valence-electron chi connectivity index (χ0n) is 12.9. The number of ether oxygens (including phenoxy) is 1. The van der Waals surface area contributed by atoms with Gasteiger partial charge in [-0.25, -0.2) is 16.8 Å². The molecule has 1 heterocycles. The molecule has 0 amide bonds. The third kappa shape index (κ3) is 3.13. The monoisotopic (exact) mass is 347 g/mol. The molecular weight excluding hydrogens is 326 g/mol. The highest BCUT2D eigenvalue weighted by Gasteiger charge is 2.36. The van der Waals surface area contributed by atoms with Crippen molar-refractivity contribution in [2.45, 2.75) is 42.0 Å². The average molecular weight is 347 g/mol. The second-order valence-electron chi connectivity index (χ2n) is 5.40. The van der Waals surface area contributed by atoms with Crippen LogP contribution in [0.5, 0.6) is 5.75 Å². The van der Waals surface area contributed by atoms with Crippen molar-refractivity contribution in [3.8, 4) is 5.75 Å². The molecule has 22 heavy (non-hydrogen) atoms. The van der Waals surface area contributed by atoms with Crippen LogP contribution in [-0.4, -0.2) is 47.1 Å². The van der Waals surface area contributed by atoms with E-state index < -0.39 is 19.9 Å². The predicted molar refractivity (Wildman–Crippen MR) is 83.3 cm³/mol. The van der Waals surface area contributed by atoms with Gasteiger partial charge in [-0.15, -0.1) is 0 Å². The lowest BCUT2D eigenvalue weighted by Crippen LogP contribution is -2.35. The van der Waals surface area contributed by atoms with Gasteiger partial charge in [0.05, 0.1) is 12.0 Å². The molecule has 0 radical (unpaired) electrons. The van der Waals surface area contributed by atoms with Crippen LogP contribution in [0.4, 0.5) is 0 Å². The Morgan fingerprint density at radius 3 is 2.50 bits per heavy atom. The molecule has 0 N–H and O–H groups in total. The van der Waals surface area contributed by atoms with Gasteiger partial charge in [-0.05, 0) is 37.5 Å². The molecule has 0 bridgehead atoms.